The molecule has 1 heterocycles. The summed E-state index contributed by atoms with van der Waals surface area (Å²) >= 11 is 0. The second kappa shape index (κ2) is 8.47. The summed E-state index contributed by atoms with van der Waals surface area (Å²) in [6, 6.07) is 14.9. The van der Waals surface area contributed by atoms with E-state index >= 15 is 0 Å². The van der Waals surface area contributed by atoms with Crippen LogP contribution in [0.4, 0.5) is 13.2 Å². The van der Waals surface area contributed by atoms with Crippen molar-refractivity contribution in [3.8, 4) is 23.8 Å². The van der Waals surface area contributed by atoms with Crippen molar-refractivity contribution in [3.05, 3.63) is 54.1 Å². The fraction of sp³-hybridized carbons (Fsp3) is 0.238. The number of rotatable bonds is 6. The maximum Gasteiger partial charge on any atom is 0.573 e. The van der Waals surface area contributed by atoms with Crippen LogP contribution < -0.4 is 14.8 Å². The van der Waals surface area contributed by atoms with E-state index < -0.39 is 29.6 Å². The first-order chi connectivity index (χ1) is 15.1. The van der Waals surface area contributed by atoms with Crippen LogP contribution >= 0.6 is 0 Å². The summed E-state index contributed by atoms with van der Waals surface area (Å²) < 4.78 is 47.5. The van der Waals surface area contributed by atoms with E-state index in [0.29, 0.717) is 10.9 Å². The fourth-order valence-electron chi connectivity index (χ4n) is 3.02. The minimum Gasteiger partial charge on any atom is -0.481 e. The molecule has 0 aliphatic heterocycles. The van der Waals surface area contributed by atoms with Crippen molar-refractivity contribution in [2.75, 3.05) is 7.11 Å². The lowest BCUT2D eigenvalue weighted by molar-refractivity contribution is -0.274. The molecule has 0 saturated carbocycles. The number of amides is 1. The zero-order valence-electron chi connectivity index (χ0n) is 16.8. The highest BCUT2D eigenvalue weighted by molar-refractivity contribution is 5.94. The third kappa shape index (κ3) is 4.42. The Kier molecular flexibility index (Phi) is 5.94. The van der Waals surface area contributed by atoms with Crippen LogP contribution in [-0.4, -0.2) is 29.2 Å². The van der Waals surface area contributed by atoms with Gasteiger partial charge in [0.2, 0.25) is 5.88 Å². The number of hydrogen-bond donors (Lipinski definition) is 1. The SMILES string of the molecule is COc1c2ccccc2nn1C(NC(=O)c1ccc(OC(F)(F)F)cc1)C(C)(C#N)C#N. The number of methoxy groups -OCH3 is 1. The summed E-state index contributed by atoms with van der Waals surface area (Å²) in [5.74, 6) is -1.02. The van der Waals surface area contributed by atoms with Crippen LogP contribution in [0.25, 0.3) is 10.9 Å². The van der Waals surface area contributed by atoms with Crippen molar-refractivity contribution >= 4 is 16.8 Å². The molecule has 1 atom stereocenters. The number of carbonyl (C=O) groups is 1. The van der Waals surface area contributed by atoms with Crippen molar-refractivity contribution in [3.63, 3.8) is 0 Å². The lowest BCUT2D eigenvalue weighted by atomic mass is 9.90. The Balaban J connectivity index is 1.99. The van der Waals surface area contributed by atoms with Gasteiger partial charge in [0, 0.05) is 5.56 Å². The Labute approximate surface area is 180 Å². The van der Waals surface area contributed by atoms with Crippen LogP contribution in [0.5, 0.6) is 11.6 Å². The molecular weight excluding hydrogens is 427 g/mol. The third-order valence-electron chi connectivity index (χ3n) is 4.63. The van der Waals surface area contributed by atoms with E-state index in [2.05, 4.69) is 15.2 Å². The van der Waals surface area contributed by atoms with Crippen LogP contribution in [-0.2, 0) is 0 Å². The largest absolute Gasteiger partial charge is 0.573 e. The molecule has 164 valence electrons. The molecule has 0 aliphatic carbocycles. The number of fused-ring (bicyclic) bond motifs is 1. The highest BCUT2D eigenvalue weighted by atomic mass is 19.4. The van der Waals surface area contributed by atoms with E-state index in [4.69, 9.17) is 4.74 Å². The Morgan fingerprint density at radius 1 is 1.12 bits per heavy atom. The van der Waals surface area contributed by atoms with Gasteiger partial charge in [-0.1, -0.05) is 12.1 Å². The fourth-order valence-corrected chi connectivity index (χ4v) is 3.02. The van der Waals surface area contributed by atoms with Crippen molar-refractivity contribution in [1.29, 1.82) is 10.5 Å². The summed E-state index contributed by atoms with van der Waals surface area (Å²) in [4.78, 5) is 12.8. The number of alkyl halides is 3. The van der Waals surface area contributed by atoms with E-state index in [-0.39, 0.29) is 11.4 Å². The average molecular weight is 443 g/mol. The monoisotopic (exact) mass is 443 g/mol. The first kappa shape index (κ1) is 22.4. The Hall–Kier alpha value is -4.25. The van der Waals surface area contributed by atoms with Gasteiger partial charge < -0.3 is 14.8 Å². The van der Waals surface area contributed by atoms with Gasteiger partial charge in [0.15, 0.2) is 11.6 Å². The second-order valence-electron chi connectivity index (χ2n) is 6.85. The quantitative estimate of drug-likeness (QED) is 0.618. The first-order valence-corrected chi connectivity index (χ1v) is 9.12. The van der Waals surface area contributed by atoms with Crippen molar-refractivity contribution < 1.29 is 27.4 Å². The summed E-state index contributed by atoms with van der Waals surface area (Å²) in [6.07, 6.45) is -6.15. The molecule has 8 nitrogen and oxygen atoms in total. The number of nitrogens with one attached hydrogen (secondary N) is 1. The first-order valence-electron chi connectivity index (χ1n) is 9.12. The highest BCUT2D eigenvalue weighted by Crippen LogP contribution is 2.35. The maximum absolute atomic E-state index is 12.8. The van der Waals surface area contributed by atoms with Crippen LogP contribution in [0.1, 0.15) is 23.4 Å². The minimum atomic E-state index is -4.87. The maximum atomic E-state index is 12.8. The lowest BCUT2D eigenvalue weighted by Crippen LogP contribution is -2.42. The molecule has 0 aliphatic rings. The van der Waals surface area contributed by atoms with Crippen molar-refractivity contribution in [2.45, 2.75) is 19.5 Å². The molecule has 11 heteroatoms. The van der Waals surface area contributed by atoms with Gasteiger partial charge in [-0.15, -0.1) is 13.2 Å². The standard InChI is InChI=1S/C21H16F3N5O3/c1-20(11-25,12-26)19(29-18(31-2)15-5-3-4-6-16(15)28-29)27-17(30)13-7-9-14(10-8-13)32-21(22,23)24/h3-10,19H,1-2H3,(H,27,30). The number of halogens is 3. The van der Waals surface area contributed by atoms with Gasteiger partial charge in [0.1, 0.15) is 5.75 Å². The minimum absolute atomic E-state index is 0.0153. The Morgan fingerprint density at radius 3 is 2.31 bits per heavy atom. The van der Waals surface area contributed by atoms with E-state index in [1.165, 1.54) is 18.7 Å². The number of carbonyl (C=O) groups excluding carboxylic acids is 1. The Morgan fingerprint density at radius 2 is 1.75 bits per heavy atom. The van der Waals surface area contributed by atoms with Crippen molar-refractivity contribution in [2.24, 2.45) is 5.41 Å². The van der Waals surface area contributed by atoms with Gasteiger partial charge in [-0.05, 0) is 43.3 Å². The van der Waals surface area contributed by atoms with Gasteiger partial charge in [0.25, 0.3) is 5.91 Å². The molecule has 2 aromatic carbocycles. The zero-order valence-corrected chi connectivity index (χ0v) is 16.8. The normalized spacial score (nSPS) is 12.5. The number of benzene rings is 2. The molecule has 3 rings (SSSR count). The number of nitrogens with zero attached hydrogens (tertiary/aromatic N) is 4. The topological polar surface area (TPSA) is 113 Å². The van der Waals surface area contributed by atoms with Gasteiger partial charge >= 0.3 is 6.36 Å². The third-order valence-corrected chi connectivity index (χ3v) is 4.63. The molecule has 3 aromatic rings. The molecule has 1 amide bonds. The van der Waals surface area contributed by atoms with Gasteiger partial charge in [-0.25, -0.2) is 4.68 Å². The molecule has 0 fully saturated rings. The van der Waals surface area contributed by atoms with E-state index in [1.807, 2.05) is 12.1 Å². The number of ether oxygens (including phenoxy) is 2. The summed E-state index contributed by atoms with van der Waals surface area (Å²) in [5.41, 5.74) is -1.27. The molecule has 1 aromatic heterocycles. The predicted molar refractivity (Wildman–Crippen MR) is 105 cm³/mol. The summed E-state index contributed by atoms with van der Waals surface area (Å²) in [5, 5.41) is 26.9. The highest BCUT2D eigenvalue weighted by Gasteiger charge is 2.40. The Bertz CT molecular complexity index is 1210. The number of aromatic nitrogens is 2. The smallest absolute Gasteiger partial charge is 0.481 e. The molecule has 32 heavy (non-hydrogen) atoms. The van der Waals surface area contributed by atoms with Gasteiger partial charge in [-0.3, -0.25) is 4.79 Å². The van der Waals surface area contributed by atoms with Crippen molar-refractivity contribution in [1.82, 2.24) is 15.1 Å². The molecule has 0 radical (unpaired) electrons. The summed E-state index contributed by atoms with van der Waals surface area (Å²) in [7, 11) is 1.38. The predicted octanol–water partition coefficient (Wildman–Crippen LogP) is 3.93. The number of nitriles is 2. The van der Waals surface area contributed by atoms with Crippen LogP contribution in [0, 0.1) is 28.1 Å². The van der Waals surface area contributed by atoms with Crippen LogP contribution in [0.3, 0.4) is 0 Å². The molecule has 0 spiro atoms. The van der Waals surface area contributed by atoms with E-state index in [9.17, 15) is 28.5 Å². The van der Waals surface area contributed by atoms with E-state index in [1.54, 1.807) is 24.3 Å². The molecule has 1 N–H and O–H groups in total. The van der Waals surface area contributed by atoms with E-state index in [0.717, 1.165) is 24.3 Å². The molecule has 0 saturated heterocycles. The second-order valence-corrected chi connectivity index (χ2v) is 6.85. The molecule has 0 bridgehead atoms. The van der Waals surface area contributed by atoms with Gasteiger partial charge in [-0.2, -0.15) is 15.6 Å². The summed E-state index contributed by atoms with van der Waals surface area (Å²) in [6.45, 7) is 1.32. The molecular formula is C21H16F3N5O3. The van der Waals surface area contributed by atoms with Gasteiger partial charge in [0.05, 0.1) is 30.2 Å². The van der Waals surface area contributed by atoms with Crippen LogP contribution in [0.2, 0.25) is 0 Å². The zero-order chi connectivity index (χ0) is 23.5. The average Bonchev–Trinajstić information content (AvgIpc) is 3.14. The number of hydrogen-bond acceptors (Lipinski definition) is 6. The van der Waals surface area contributed by atoms with Crippen LogP contribution in [0.15, 0.2) is 48.5 Å². The molecule has 1 unspecified atom stereocenters. The lowest BCUT2D eigenvalue weighted by Gasteiger charge is -2.28.